The SMILES string of the molecule is CCC(N)c1ccn(CCOc2ccccc2)c1. The summed E-state index contributed by atoms with van der Waals surface area (Å²) < 4.78 is 7.77. The number of nitrogens with zero attached hydrogens (tertiary/aromatic N) is 1. The van der Waals surface area contributed by atoms with Gasteiger partial charge in [-0.15, -0.1) is 0 Å². The van der Waals surface area contributed by atoms with E-state index in [1.54, 1.807) is 0 Å². The van der Waals surface area contributed by atoms with E-state index < -0.39 is 0 Å². The van der Waals surface area contributed by atoms with Gasteiger partial charge in [0.1, 0.15) is 12.4 Å². The van der Waals surface area contributed by atoms with E-state index in [9.17, 15) is 0 Å². The third kappa shape index (κ3) is 3.37. The number of para-hydroxylation sites is 1. The lowest BCUT2D eigenvalue weighted by Crippen LogP contribution is -2.09. The molecular weight excluding hydrogens is 224 g/mol. The van der Waals surface area contributed by atoms with Crippen molar-refractivity contribution in [2.75, 3.05) is 6.61 Å². The second kappa shape index (κ2) is 6.26. The molecule has 1 heterocycles. The fourth-order valence-corrected chi connectivity index (χ4v) is 1.84. The molecule has 0 aliphatic carbocycles. The molecule has 3 nitrogen and oxygen atoms in total. The van der Waals surface area contributed by atoms with E-state index in [0.29, 0.717) is 6.61 Å². The van der Waals surface area contributed by atoms with Crippen molar-refractivity contribution in [3.8, 4) is 5.75 Å². The van der Waals surface area contributed by atoms with Crippen LogP contribution < -0.4 is 10.5 Å². The minimum absolute atomic E-state index is 0.140. The van der Waals surface area contributed by atoms with Gasteiger partial charge < -0.3 is 15.0 Å². The van der Waals surface area contributed by atoms with Crippen molar-refractivity contribution in [3.05, 3.63) is 54.4 Å². The van der Waals surface area contributed by atoms with Crippen LogP contribution in [-0.2, 0) is 6.54 Å². The lowest BCUT2D eigenvalue weighted by Gasteiger charge is -2.07. The number of nitrogens with two attached hydrogens (primary N) is 1. The largest absolute Gasteiger partial charge is 0.492 e. The molecule has 0 bridgehead atoms. The summed E-state index contributed by atoms with van der Waals surface area (Å²) in [6, 6.07) is 12.1. The summed E-state index contributed by atoms with van der Waals surface area (Å²) in [6.45, 7) is 3.60. The molecule has 18 heavy (non-hydrogen) atoms. The van der Waals surface area contributed by atoms with Crippen LogP contribution in [0.1, 0.15) is 24.9 Å². The first kappa shape index (κ1) is 12.7. The van der Waals surface area contributed by atoms with Gasteiger partial charge in [0.25, 0.3) is 0 Å². The quantitative estimate of drug-likeness (QED) is 0.848. The van der Waals surface area contributed by atoms with Gasteiger partial charge in [0, 0.05) is 18.4 Å². The average molecular weight is 244 g/mol. The van der Waals surface area contributed by atoms with E-state index >= 15 is 0 Å². The first-order valence-electron chi connectivity index (χ1n) is 6.38. The van der Waals surface area contributed by atoms with Crippen LogP contribution in [0.4, 0.5) is 0 Å². The molecule has 0 saturated heterocycles. The molecule has 2 aromatic rings. The molecule has 0 radical (unpaired) electrons. The molecule has 1 atom stereocenters. The van der Waals surface area contributed by atoms with E-state index in [2.05, 4.69) is 30.0 Å². The highest BCUT2D eigenvalue weighted by atomic mass is 16.5. The lowest BCUT2D eigenvalue weighted by molar-refractivity contribution is 0.298. The molecule has 0 fully saturated rings. The zero-order valence-corrected chi connectivity index (χ0v) is 10.8. The predicted molar refractivity (Wildman–Crippen MR) is 73.6 cm³/mol. The van der Waals surface area contributed by atoms with Crippen molar-refractivity contribution < 1.29 is 4.74 Å². The van der Waals surface area contributed by atoms with Crippen LogP contribution in [-0.4, -0.2) is 11.2 Å². The first-order valence-corrected chi connectivity index (χ1v) is 6.38. The summed E-state index contributed by atoms with van der Waals surface area (Å²) >= 11 is 0. The molecule has 0 saturated carbocycles. The van der Waals surface area contributed by atoms with Crippen molar-refractivity contribution in [3.63, 3.8) is 0 Å². The van der Waals surface area contributed by atoms with Gasteiger partial charge in [0.15, 0.2) is 0 Å². The Morgan fingerprint density at radius 2 is 2.00 bits per heavy atom. The molecule has 96 valence electrons. The summed E-state index contributed by atoms with van der Waals surface area (Å²) in [6.07, 6.45) is 5.12. The highest BCUT2D eigenvalue weighted by Crippen LogP contribution is 2.14. The Kier molecular flexibility index (Phi) is 4.42. The Bertz CT molecular complexity index is 464. The highest BCUT2D eigenvalue weighted by molar-refractivity contribution is 5.20. The minimum Gasteiger partial charge on any atom is -0.492 e. The molecule has 0 aliphatic rings. The zero-order chi connectivity index (χ0) is 12.8. The van der Waals surface area contributed by atoms with Crippen LogP contribution in [0.15, 0.2) is 48.8 Å². The van der Waals surface area contributed by atoms with Gasteiger partial charge in [-0.25, -0.2) is 0 Å². The van der Waals surface area contributed by atoms with Crippen LogP contribution in [0.5, 0.6) is 5.75 Å². The smallest absolute Gasteiger partial charge is 0.119 e. The van der Waals surface area contributed by atoms with Crippen LogP contribution in [0, 0.1) is 0 Å². The average Bonchev–Trinajstić information content (AvgIpc) is 2.88. The van der Waals surface area contributed by atoms with Gasteiger partial charge in [-0.1, -0.05) is 25.1 Å². The van der Waals surface area contributed by atoms with Crippen LogP contribution in [0.2, 0.25) is 0 Å². The van der Waals surface area contributed by atoms with E-state index in [1.807, 2.05) is 30.3 Å². The van der Waals surface area contributed by atoms with Crippen LogP contribution in [0.25, 0.3) is 0 Å². The Morgan fingerprint density at radius 3 is 2.72 bits per heavy atom. The normalized spacial score (nSPS) is 12.3. The van der Waals surface area contributed by atoms with Gasteiger partial charge in [-0.3, -0.25) is 0 Å². The van der Waals surface area contributed by atoms with E-state index in [0.717, 1.165) is 18.7 Å². The van der Waals surface area contributed by atoms with Crippen molar-refractivity contribution in [2.24, 2.45) is 5.73 Å². The fourth-order valence-electron chi connectivity index (χ4n) is 1.84. The molecule has 3 heteroatoms. The van der Waals surface area contributed by atoms with Gasteiger partial charge in [-0.2, -0.15) is 0 Å². The maximum atomic E-state index is 5.98. The molecule has 2 rings (SSSR count). The minimum atomic E-state index is 0.140. The summed E-state index contributed by atoms with van der Waals surface area (Å²) in [7, 11) is 0. The summed E-state index contributed by atoms with van der Waals surface area (Å²) in [5, 5.41) is 0. The van der Waals surface area contributed by atoms with Gasteiger partial charge in [0.05, 0.1) is 6.54 Å². The Hall–Kier alpha value is -1.74. The summed E-state index contributed by atoms with van der Waals surface area (Å²) in [5.41, 5.74) is 7.17. The molecule has 1 aromatic heterocycles. The van der Waals surface area contributed by atoms with Crippen molar-refractivity contribution in [1.29, 1.82) is 0 Å². The van der Waals surface area contributed by atoms with Crippen molar-refractivity contribution in [2.45, 2.75) is 25.9 Å². The summed E-state index contributed by atoms with van der Waals surface area (Å²) in [5.74, 6) is 0.912. The van der Waals surface area contributed by atoms with Crippen LogP contribution in [0.3, 0.4) is 0 Å². The third-order valence-electron chi connectivity index (χ3n) is 3.00. The second-order valence-corrected chi connectivity index (χ2v) is 4.36. The third-order valence-corrected chi connectivity index (χ3v) is 3.00. The van der Waals surface area contributed by atoms with Crippen molar-refractivity contribution in [1.82, 2.24) is 4.57 Å². The van der Waals surface area contributed by atoms with Crippen molar-refractivity contribution >= 4 is 0 Å². The zero-order valence-electron chi connectivity index (χ0n) is 10.8. The van der Waals surface area contributed by atoms with E-state index in [-0.39, 0.29) is 6.04 Å². The Balaban J connectivity index is 1.82. The molecule has 0 aliphatic heterocycles. The Morgan fingerprint density at radius 1 is 1.22 bits per heavy atom. The topological polar surface area (TPSA) is 40.2 Å². The summed E-state index contributed by atoms with van der Waals surface area (Å²) in [4.78, 5) is 0. The Labute approximate surface area is 108 Å². The van der Waals surface area contributed by atoms with Gasteiger partial charge in [0.2, 0.25) is 0 Å². The molecule has 2 N–H and O–H groups in total. The maximum absolute atomic E-state index is 5.98. The number of ether oxygens (including phenoxy) is 1. The molecule has 1 unspecified atom stereocenters. The highest BCUT2D eigenvalue weighted by Gasteiger charge is 2.04. The number of hydrogen-bond donors (Lipinski definition) is 1. The maximum Gasteiger partial charge on any atom is 0.119 e. The standard InChI is InChI=1S/C15H20N2O/c1-2-15(16)13-8-9-17(12-13)10-11-18-14-6-4-3-5-7-14/h3-9,12,15H,2,10-11,16H2,1H3. The number of hydrogen-bond acceptors (Lipinski definition) is 2. The monoisotopic (exact) mass is 244 g/mol. The fraction of sp³-hybridized carbons (Fsp3) is 0.333. The van der Waals surface area contributed by atoms with E-state index in [1.165, 1.54) is 5.56 Å². The number of benzene rings is 1. The van der Waals surface area contributed by atoms with Gasteiger partial charge in [-0.05, 0) is 30.2 Å². The molecular formula is C15H20N2O. The molecule has 1 aromatic carbocycles. The molecule has 0 amide bonds. The molecule has 0 spiro atoms. The second-order valence-electron chi connectivity index (χ2n) is 4.36. The predicted octanol–water partition coefficient (Wildman–Crippen LogP) is 2.98. The lowest BCUT2D eigenvalue weighted by atomic mass is 10.1. The first-order chi connectivity index (χ1) is 8.79. The van der Waals surface area contributed by atoms with E-state index in [4.69, 9.17) is 10.5 Å². The van der Waals surface area contributed by atoms with Gasteiger partial charge >= 0.3 is 0 Å². The van der Waals surface area contributed by atoms with Crippen LogP contribution >= 0.6 is 0 Å². The number of aromatic nitrogens is 1. The number of rotatable bonds is 6.